The maximum Gasteiger partial charge on any atom is 0.251 e. The van der Waals surface area contributed by atoms with Crippen LogP contribution in [0.25, 0.3) is 11.0 Å². The molecular weight excluding hydrogens is 438 g/mol. The molecule has 0 fully saturated rings. The molecule has 4 aromatic rings. The van der Waals surface area contributed by atoms with Crippen LogP contribution in [0.3, 0.4) is 0 Å². The average Bonchev–Trinajstić information content (AvgIpc) is 3.12. The van der Waals surface area contributed by atoms with Gasteiger partial charge in [-0.3, -0.25) is 4.79 Å². The molecule has 1 amide bonds. The predicted octanol–water partition coefficient (Wildman–Crippen LogP) is 5.40. The van der Waals surface area contributed by atoms with Crippen molar-refractivity contribution in [2.75, 3.05) is 6.54 Å². The van der Waals surface area contributed by atoms with E-state index in [-0.39, 0.29) is 5.91 Å². The fourth-order valence-electron chi connectivity index (χ4n) is 3.67. The molecule has 0 spiro atoms. The molecule has 0 aliphatic rings. The van der Waals surface area contributed by atoms with Gasteiger partial charge in [0.05, 0.1) is 11.0 Å². The van der Waals surface area contributed by atoms with Crippen molar-refractivity contribution in [2.45, 2.75) is 25.8 Å². The molecule has 0 atom stereocenters. The standard InChI is InChI=1S/C25H24BrN3O/c26-21-12-6-11-20(18-21)25(30)27-16-15-24-28-22-13-4-5-14-23(22)29(24)17-7-10-19-8-2-1-3-9-19/h1-6,8-9,11-14,18H,7,10,15-17H2,(H,27,30). The van der Waals surface area contributed by atoms with Crippen molar-refractivity contribution in [1.82, 2.24) is 14.9 Å². The maximum atomic E-state index is 12.4. The van der Waals surface area contributed by atoms with E-state index in [4.69, 9.17) is 4.98 Å². The first-order chi connectivity index (χ1) is 14.7. The first-order valence-corrected chi connectivity index (χ1v) is 11.0. The summed E-state index contributed by atoms with van der Waals surface area (Å²) in [6, 6.07) is 26.2. The van der Waals surface area contributed by atoms with Gasteiger partial charge < -0.3 is 9.88 Å². The van der Waals surface area contributed by atoms with E-state index in [1.54, 1.807) is 0 Å². The van der Waals surface area contributed by atoms with Gasteiger partial charge in [-0.05, 0) is 48.7 Å². The highest BCUT2D eigenvalue weighted by molar-refractivity contribution is 9.10. The minimum atomic E-state index is -0.0666. The van der Waals surface area contributed by atoms with E-state index in [2.05, 4.69) is 62.2 Å². The monoisotopic (exact) mass is 461 g/mol. The van der Waals surface area contributed by atoms with Crippen molar-refractivity contribution in [1.29, 1.82) is 0 Å². The van der Waals surface area contributed by atoms with E-state index < -0.39 is 0 Å². The molecule has 5 heteroatoms. The van der Waals surface area contributed by atoms with Crippen LogP contribution in [0.1, 0.15) is 28.2 Å². The molecule has 1 heterocycles. The Morgan fingerprint density at radius 1 is 0.933 bits per heavy atom. The van der Waals surface area contributed by atoms with E-state index >= 15 is 0 Å². The highest BCUT2D eigenvalue weighted by Gasteiger charge is 2.11. The minimum absolute atomic E-state index is 0.0666. The molecule has 0 saturated carbocycles. The number of amides is 1. The first-order valence-electron chi connectivity index (χ1n) is 10.2. The number of para-hydroxylation sites is 2. The molecule has 4 nitrogen and oxygen atoms in total. The summed E-state index contributed by atoms with van der Waals surface area (Å²) in [5.74, 6) is 0.946. The van der Waals surface area contributed by atoms with Crippen molar-refractivity contribution < 1.29 is 4.79 Å². The van der Waals surface area contributed by atoms with Crippen LogP contribution in [0.2, 0.25) is 0 Å². The normalized spacial score (nSPS) is 11.0. The number of carbonyl (C=O) groups is 1. The lowest BCUT2D eigenvalue weighted by Crippen LogP contribution is -2.26. The van der Waals surface area contributed by atoms with Gasteiger partial charge in [-0.2, -0.15) is 0 Å². The Hall–Kier alpha value is -2.92. The van der Waals surface area contributed by atoms with Crippen LogP contribution >= 0.6 is 15.9 Å². The molecule has 30 heavy (non-hydrogen) atoms. The fourth-order valence-corrected chi connectivity index (χ4v) is 4.07. The minimum Gasteiger partial charge on any atom is -0.352 e. The Morgan fingerprint density at radius 2 is 1.73 bits per heavy atom. The van der Waals surface area contributed by atoms with Gasteiger partial charge in [0.1, 0.15) is 5.82 Å². The van der Waals surface area contributed by atoms with Gasteiger partial charge >= 0.3 is 0 Å². The number of aromatic nitrogens is 2. The van der Waals surface area contributed by atoms with Gasteiger partial charge in [0, 0.05) is 29.5 Å². The summed E-state index contributed by atoms with van der Waals surface area (Å²) in [6.07, 6.45) is 2.77. The summed E-state index contributed by atoms with van der Waals surface area (Å²) in [4.78, 5) is 17.2. The smallest absolute Gasteiger partial charge is 0.251 e. The lowest BCUT2D eigenvalue weighted by molar-refractivity contribution is 0.0954. The molecule has 3 aromatic carbocycles. The van der Waals surface area contributed by atoms with Gasteiger partial charge in [-0.1, -0.05) is 64.5 Å². The Kier molecular flexibility index (Phi) is 6.60. The van der Waals surface area contributed by atoms with Crippen molar-refractivity contribution in [3.63, 3.8) is 0 Å². The Bertz CT molecular complexity index is 1140. The van der Waals surface area contributed by atoms with Crippen LogP contribution in [-0.4, -0.2) is 22.0 Å². The molecule has 0 radical (unpaired) electrons. The van der Waals surface area contributed by atoms with Gasteiger partial charge in [0.25, 0.3) is 5.91 Å². The number of carbonyl (C=O) groups excluding carboxylic acids is 1. The SMILES string of the molecule is O=C(NCCc1nc2ccccc2n1CCCc1ccccc1)c1cccc(Br)c1. The first kappa shape index (κ1) is 20.4. The van der Waals surface area contributed by atoms with Gasteiger partial charge in [0.2, 0.25) is 0 Å². The molecule has 1 aromatic heterocycles. The number of benzene rings is 3. The number of hydrogen-bond acceptors (Lipinski definition) is 2. The van der Waals surface area contributed by atoms with Crippen LogP contribution in [0, 0.1) is 0 Å². The average molecular weight is 462 g/mol. The summed E-state index contributed by atoms with van der Waals surface area (Å²) in [7, 11) is 0. The molecule has 1 N–H and O–H groups in total. The van der Waals surface area contributed by atoms with Crippen LogP contribution in [0.15, 0.2) is 83.3 Å². The van der Waals surface area contributed by atoms with E-state index in [0.29, 0.717) is 18.5 Å². The number of halogens is 1. The number of rotatable bonds is 8. The van der Waals surface area contributed by atoms with Gasteiger partial charge in [-0.15, -0.1) is 0 Å². The largest absolute Gasteiger partial charge is 0.352 e. The van der Waals surface area contributed by atoms with E-state index in [0.717, 1.165) is 40.7 Å². The summed E-state index contributed by atoms with van der Waals surface area (Å²) < 4.78 is 3.19. The quantitative estimate of drug-likeness (QED) is 0.381. The van der Waals surface area contributed by atoms with Crippen molar-refractivity contribution >= 4 is 32.9 Å². The van der Waals surface area contributed by atoms with Gasteiger partial charge in [0.15, 0.2) is 0 Å². The lowest BCUT2D eigenvalue weighted by atomic mass is 10.1. The number of aryl methyl sites for hydroxylation is 2. The van der Waals surface area contributed by atoms with Crippen molar-refractivity contribution in [2.24, 2.45) is 0 Å². The third kappa shape index (κ3) is 4.97. The van der Waals surface area contributed by atoms with Crippen LogP contribution in [-0.2, 0) is 19.4 Å². The zero-order valence-electron chi connectivity index (χ0n) is 16.7. The second-order valence-corrected chi connectivity index (χ2v) is 8.19. The lowest BCUT2D eigenvalue weighted by Gasteiger charge is -2.10. The molecular formula is C25H24BrN3O. The zero-order valence-corrected chi connectivity index (χ0v) is 18.3. The molecule has 0 unspecified atom stereocenters. The summed E-state index contributed by atoms with van der Waals surface area (Å²) in [6.45, 7) is 1.46. The second kappa shape index (κ2) is 9.72. The van der Waals surface area contributed by atoms with Crippen LogP contribution in [0.5, 0.6) is 0 Å². The zero-order chi connectivity index (χ0) is 20.8. The number of imidazole rings is 1. The molecule has 0 bridgehead atoms. The molecule has 152 valence electrons. The van der Waals surface area contributed by atoms with E-state index in [9.17, 15) is 4.79 Å². The van der Waals surface area contributed by atoms with Crippen molar-refractivity contribution in [3.05, 3.63) is 100 Å². The summed E-state index contributed by atoms with van der Waals surface area (Å²) in [5.41, 5.74) is 4.16. The molecule has 0 aliphatic carbocycles. The van der Waals surface area contributed by atoms with Crippen LogP contribution in [0.4, 0.5) is 0 Å². The van der Waals surface area contributed by atoms with Crippen molar-refractivity contribution in [3.8, 4) is 0 Å². The topological polar surface area (TPSA) is 46.9 Å². The van der Waals surface area contributed by atoms with E-state index in [1.807, 2.05) is 42.5 Å². The second-order valence-electron chi connectivity index (χ2n) is 7.27. The Balaban J connectivity index is 1.42. The third-order valence-electron chi connectivity index (χ3n) is 5.14. The number of fused-ring (bicyclic) bond motifs is 1. The molecule has 0 aliphatic heterocycles. The number of nitrogens with zero attached hydrogens (tertiary/aromatic N) is 2. The number of hydrogen-bond donors (Lipinski definition) is 1. The summed E-state index contributed by atoms with van der Waals surface area (Å²) in [5, 5.41) is 3.02. The Morgan fingerprint density at radius 3 is 2.57 bits per heavy atom. The van der Waals surface area contributed by atoms with Gasteiger partial charge in [-0.25, -0.2) is 4.98 Å². The predicted molar refractivity (Wildman–Crippen MR) is 125 cm³/mol. The molecule has 0 saturated heterocycles. The van der Waals surface area contributed by atoms with E-state index in [1.165, 1.54) is 5.56 Å². The Labute approximate surface area is 185 Å². The number of nitrogens with one attached hydrogen (secondary N) is 1. The highest BCUT2D eigenvalue weighted by atomic mass is 79.9. The maximum absolute atomic E-state index is 12.4. The summed E-state index contributed by atoms with van der Waals surface area (Å²) >= 11 is 3.41. The fraction of sp³-hybridized carbons (Fsp3) is 0.200. The van der Waals surface area contributed by atoms with Crippen LogP contribution < -0.4 is 5.32 Å². The molecule has 4 rings (SSSR count). The third-order valence-corrected chi connectivity index (χ3v) is 5.64. The highest BCUT2D eigenvalue weighted by Crippen LogP contribution is 2.18.